The maximum absolute atomic E-state index is 11.8. The lowest BCUT2D eigenvalue weighted by molar-refractivity contribution is -0.117. The van der Waals surface area contributed by atoms with E-state index in [0.717, 1.165) is 31.4 Å². The van der Waals surface area contributed by atoms with Gasteiger partial charge in [-0.15, -0.1) is 0 Å². The fraction of sp³-hybridized carbons (Fsp3) is 0.412. The maximum atomic E-state index is 11.8. The highest BCUT2D eigenvalue weighted by Crippen LogP contribution is 2.53. The molecule has 21 heavy (non-hydrogen) atoms. The summed E-state index contributed by atoms with van der Waals surface area (Å²) in [6.07, 6.45) is 5.70. The lowest BCUT2D eigenvalue weighted by Gasteiger charge is -2.33. The van der Waals surface area contributed by atoms with E-state index in [1.165, 1.54) is 5.56 Å². The molecule has 108 valence electrons. The first-order valence-electron chi connectivity index (χ1n) is 7.33. The van der Waals surface area contributed by atoms with E-state index in [2.05, 4.69) is 11.9 Å². The first-order valence-corrected chi connectivity index (χ1v) is 7.33. The number of allylic oxidation sites excluding steroid dienone is 1. The quantitative estimate of drug-likeness (QED) is 0.738. The second-order valence-electron chi connectivity index (χ2n) is 6.27. The molecule has 2 heterocycles. The molecule has 4 heteroatoms. The van der Waals surface area contributed by atoms with Crippen LogP contribution < -0.4 is 4.74 Å². The van der Waals surface area contributed by atoms with E-state index in [-0.39, 0.29) is 17.3 Å². The molecule has 1 spiro atoms. The van der Waals surface area contributed by atoms with Gasteiger partial charge in [0.25, 0.3) is 0 Å². The van der Waals surface area contributed by atoms with Crippen molar-refractivity contribution in [3.05, 3.63) is 41.0 Å². The van der Waals surface area contributed by atoms with Gasteiger partial charge in [-0.2, -0.15) is 0 Å². The van der Waals surface area contributed by atoms with Gasteiger partial charge in [0.1, 0.15) is 11.9 Å². The van der Waals surface area contributed by atoms with Crippen molar-refractivity contribution in [3.8, 4) is 5.75 Å². The van der Waals surface area contributed by atoms with E-state index >= 15 is 0 Å². The monoisotopic (exact) mass is 283 g/mol. The summed E-state index contributed by atoms with van der Waals surface area (Å²) in [5, 5.41) is 0. The second-order valence-corrected chi connectivity index (χ2v) is 6.27. The third-order valence-corrected chi connectivity index (χ3v) is 5.00. The third kappa shape index (κ3) is 1.65. The molecule has 0 amide bonds. The molecule has 0 N–H and O–H groups in total. The lowest BCUT2D eigenvalue weighted by atomic mass is 9.69. The van der Waals surface area contributed by atoms with Gasteiger partial charge in [0.2, 0.25) is 0 Å². The highest BCUT2D eigenvalue weighted by Gasteiger charge is 2.52. The summed E-state index contributed by atoms with van der Waals surface area (Å²) >= 11 is 0. The van der Waals surface area contributed by atoms with Crippen molar-refractivity contribution in [2.45, 2.75) is 30.9 Å². The second kappa shape index (κ2) is 4.28. The van der Waals surface area contributed by atoms with Crippen LogP contribution in [0.2, 0.25) is 0 Å². The summed E-state index contributed by atoms with van der Waals surface area (Å²) in [6, 6.07) is 3.86. The Hall–Kier alpha value is -1.94. The Bertz CT molecular complexity index is 679. The third-order valence-electron chi connectivity index (χ3n) is 5.00. The molecule has 0 radical (unpaired) electrons. The van der Waals surface area contributed by atoms with Gasteiger partial charge in [-0.3, -0.25) is 9.59 Å². The number of rotatable bonds is 1. The van der Waals surface area contributed by atoms with Crippen molar-refractivity contribution in [1.82, 2.24) is 4.90 Å². The largest absolute Gasteiger partial charge is 0.488 e. The molecular weight excluding hydrogens is 266 g/mol. The minimum Gasteiger partial charge on any atom is -0.488 e. The molecule has 1 aromatic rings. The molecule has 0 aromatic heterocycles. The van der Waals surface area contributed by atoms with Crippen molar-refractivity contribution in [2.75, 3.05) is 13.6 Å². The number of carbonyl (C=O) groups excluding carboxylic acids is 2. The molecule has 0 saturated heterocycles. The van der Waals surface area contributed by atoms with Crippen LogP contribution in [0, 0.1) is 0 Å². The molecule has 0 fully saturated rings. The van der Waals surface area contributed by atoms with Crippen LogP contribution in [0.1, 0.15) is 34.3 Å². The zero-order chi connectivity index (χ0) is 14.6. The summed E-state index contributed by atoms with van der Waals surface area (Å²) in [6.45, 7) is 1.80. The molecule has 0 saturated carbocycles. The molecule has 4 rings (SSSR count). The van der Waals surface area contributed by atoms with E-state index in [4.69, 9.17) is 4.74 Å². The Morgan fingerprint density at radius 1 is 1.43 bits per heavy atom. The number of ketones is 1. The van der Waals surface area contributed by atoms with Crippen LogP contribution in [0.3, 0.4) is 0 Å². The first kappa shape index (κ1) is 12.8. The van der Waals surface area contributed by atoms with Gasteiger partial charge < -0.3 is 9.64 Å². The van der Waals surface area contributed by atoms with Crippen LogP contribution in [0.15, 0.2) is 24.3 Å². The van der Waals surface area contributed by atoms with Crippen molar-refractivity contribution < 1.29 is 14.3 Å². The fourth-order valence-corrected chi connectivity index (χ4v) is 3.93. The Morgan fingerprint density at radius 2 is 2.29 bits per heavy atom. The summed E-state index contributed by atoms with van der Waals surface area (Å²) in [7, 11) is 2.10. The minimum atomic E-state index is -0.248. The van der Waals surface area contributed by atoms with Gasteiger partial charge in [-0.1, -0.05) is 12.1 Å². The fourth-order valence-electron chi connectivity index (χ4n) is 3.93. The highest BCUT2D eigenvalue weighted by atomic mass is 16.5. The Balaban J connectivity index is 2.00. The van der Waals surface area contributed by atoms with Crippen molar-refractivity contribution in [1.29, 1.82) is 0 Å². The average molecular weight is 283 g/mol. The van der Waals surface area contributed by atoms with Gasteiger partial charge >= 0.3 is 0 Å². The summed E-state index contributed by atoms with van der Waals surface area (Å²) in [5.41, 5.74) is 2.68. The van der Waals surface area contributed by atoms with Gasteiger partial charge in [0, 0.05) is 18.5 Å². The minimum absolute atomic E-state index is 0.102. The standard InChI is InChI=1S/C17H17NO3/c1-18-7-6-17-5-4-13(20)8-14(17)21-16-12(10-19)3-2-11(9-18)15(16)17/h2-5,10,14H,6-9H2,1H3/t14-,17-/m0/s1. The number of nitrogens with zero attached hydrogens (tertiary/aromatic N) is 1. The molecule has 2 aliphatic heterocycles. The molecule has 3 aliphatic rings. The van der Waals surface area contributed by atoms with Crippen molar-refractivity contribution >= 4 is 12.1 Å². The SMILES string of the molecule is CN1CC[C@@]23C=CC(=O)C[C@@H]2Oc2c(C=O)ccc(c23)C1. The predicted molar refractivity (Wildman–Crippen MR) is 77.6 cm³/mol. The molecule has 1 aromatic carbocycles. The Kier molecular flexibility index (Phi) is 2.60. The van der Waals surface area contributed by atoms with Gasteiger partial charge in [0.05, 0.1) is 11.0 Å². The zero-order valence-electron chi connectivity index (χ0n) is 12.0. The van der Waals surface area contributed by atoms with Crippen LogP contribution in [0.4, 0.5) is 0 Å². The summed E-state index contributed by atoms with van der Waals surface area (Å²) in [5.74, 6) is 0.799. The first-order chi connectivity index (χ1) is 10.1. The van der Waals surface area contributed by atoms with Crippen LogP contribution in [-0.4, -0.2) is 36.7 Å². The number of aldehydes is 1. The number of carbonyl (C=O) groups is 2. The van der Waals surface area contributed by atoms with E-state index < -0.39 is 0 Å². The molecule has 4 nitrogen and oxygen atoms in total. The molecule has 2 atom stereocenters. The van der Waals surface area contributed by atoms with E-state index in [1.54, 1.807) is 6.08 Å². The normalized spacial score (nSPS) is 30.3. The summed E-state index contributed by atoms with van der Waals surface area (Å²) in [4.78, 5) is 25.4. The summed E-state index contributed by atoms with van der Waals surface area (Å²) < 4.78 is 6.09. The maximum Gasteiger partial charge on any atom is 0.159 e. The molecule has 0 bridgehead atoms. The van der Waals surface area contributed by atoms with Crippen LogP contribution in [0.5, 0.6) is 5.75 Å². The van der Waals surface area contributed by atoms with Gasteiger partial charge in [-0.05, 0) is 37.7 Å². The zero-order valence-corrected chi connectivity index (χ0v) is 12.0. The Morgan fingerprint density at radius 3 is 3.10 bits per heavy atom. The topological polar surface area (TPSA) is 46.6 Å². The van der Waals surface area contributed by atoms with E-state index in [1.807, 2.05) is 18.2 Å². The molecule has 1 aliphatic carbocycles. The number of hydrogen-bond acceptors (Lipinski definition) is 4. The van der Waals surface area contributed by atoms with Crippen molar-refractivity contribution in [3.63, 3.8) is 0 Å². The van der Waals surface area contributed by atoms with Gasteiger partial charge in [-0.25, -0.2) is 0 Å². The van der Waals surface area contributed by atoms with E-state index in [9.17, 15) is 9.59 Å². The predicted octanol–water partition coefficient (Wildman–Crippen LogP) is 1.86. The van der Waals surface area contributed by atoms with Crippen LogP contribution in [0.25, 0.3) is 0 Å². The van der Waals surface area contributed by atoms with Crippen molar-refractivity contribution in [2.24, 2.45) is 0 Å². The van der Waals surface area contributed by atoms with Gasteiger partial charge in [0.15, 0.2) is 12.1 Å². The lowest BCUT2D eigenvalue weighted by Crippen LogP contribution is -2.41. The highest BCUT2D eigenvalue weighted by molar-refractivity contribution is 5.93. The smallest absolute Gasteiger partial charge is 0.159 e. The average Bonchev–Trinajstić information content (AvgIpc) is 2.72. The number of ether oxygens (including phenoxy) is 1. The Labute approximate surface area is 123 Å². The number of hydrogen-bond donors (Lipinski definition) is 0. The van der Waals surface area contributed by atoms with Crippen LogP contribution >= 0.6 is 0 Å². The molecular formula is C17H17NO3. The van der Waals surface area contributed by atoms with Crippen LogP contribution in [-0.2, 0) is 16.8 Å². The molecule has 0 unspecified atom stereocenters. The van der Waals surface area contributed by atoms with E-state index in [0.29, 0.717) is 17.7 Å². The number of benzene rings is 1.